The number of aromatic nitrogens is 2. The number of rotatable bonds is 8. The van der Waals surface area contributed by atoms with E-state index in [1.165, 1.54) is 14.2 Å². The van der Waals surface area contributed by atoms with E-state index in [-0.39, 0.29) is 24.3 Å². The molecule has 10 heteroatoms. The summed E-state index contributed by atoms with van der Waals surface area (Å²) in [4.78, 5) is 20.1. The number of H-pyrrole nitrogens is 1. The molecule has 1 heterocycles. The second-order valence-electron chi connectivity index (χ2n) is 7.07. The van der Waals surface area contributed by atoms with Gasteiger partial charge in [-0.05, 0) is 43.5 Å². The summed E-state index contributed by atoms with van der Waals surface area (Å²) >= 11 is 0. The zero-order valence-electron chi connectivity index (χ0n) is 17.7. The summed E-state index contributed by atoms with van der Waals surface area (Å²) in [6.45, 7) is 3.84. The number of ether oxygens (including phenoxy) is 3. The molecule has 0 fully saturated rings. The Labute approximate surface area is 179 Å². The fraction of sp³-hybridized carbons (Fsp3) is 0.333. The molecule has 2 aromatic carbocycles. The van der Waals surface area contributed by atoms with Gasteiger partial charge in [-0.25, -0.2) is 4.98 Å². The van der Waals surface area contributed by atoms with Gasteiger partial charge in [0.05, 0.1) is 32.1 Å². The maximum Gasteiger partial charge on any atom is 0.264 e. The van der Waals surface area contributed by atoms with Gasteiger partial charge in [0.1, 0.15) is 28.5 Å². The zero-order valence-corrected chi connectivity index (χ0v) is 18.5. The predicted molar refractivity (Wildman–Crippen MR) is 117 cm³/mol. The van der Waals surface area contributed by atoms with Crippen molar-refractivity contribution in [1.29, 1.82) is 0 Å². The number of benzene rings is 2. The second-order valence-corrected chi connectivity index (χ2v) is 8.64. The topological polar surface area (TPSA) is 128 Å². The Bertz CT molecular complexity index is 1260. The molecular weight excluding hydrogens is 424 g/mol. The number of nitrogens with zero attached hydrogens (tertiary/aromatic N) is 1. The molecule has 1 aromatic heterocycles. The van der Waals surface area contributed by atoms with Gasteiger partial charge in [-0.2, -0.15) is 8.42 Å². The molecule has 0 saturated carbocycles. The molecule has 0 radical (unpaired) electrons. The second kappa shape index (κ2) is 8.94. The van der Waals surface area contributed by atoms with Crippen molar-refractivity contribution in [3.05, 3.63) is 45.7 Å². The maximum absolute atomic E-state index is 12.7. The Balaban J connectivity index is 1.96. The van der Waals surface area contributed by atoms with Crippen LogP contribution in [0.25, 0.3) is 22.3 Å². The third-order valence-electron chi connectivity index (χ3n) is 4.73. The van der Waals surface area contributed by atoms with Crippen molar-refractivity contribution in [2.45, 2.75) is 20.3 Å². The van der Waals surface area contributed by atoms with Crippen LogP contribution < -0.4 is 19.8 Å². The van der Waals surface area contributed by atoms with Gasteiger partial charge in [0.2, 0.25) is 0 Å². The first kappa shape index (κ1) is 22.6. The predicted octanol–water partition coefficient (Wildman–Crippen LogP) is 2.88. The van der Waals surface area contributed by atoms with E-state index in [0.717, 1.165) is 11.1 Å². The Morgan fingerprint density at radius 1 is 1.06 bits per heavy atom. The number of fused-ring (bicyclic) bond motifs is 1. The average Bonchev–Trinajstić information content (AvgIpc) is 2.70. The van der Waals surface area contributed by atoms with Crippen LogP contribution in [-0.2, 0) is 10.1 Å². The van der Waals surface area contributed by atoms with Crippen LogP contribution in [0, 0.1) is 13.8 Å². The SMILES string of the molecule is COc1cc(OC)c2c(=O)[nH]c(-c3cc(C)c(OCCCS(=O)(=O)O)c(C)c3)nc2c1. The molecular formula is C21H24N2O7S. The van der Waals surface area contributed by atoms with Crippen LogP contribution in [-0.4, -0.2) is 49.5 Å². The molecule has 0 atom stereocenters. The highest BCUT2D eigenvalue weighted by atomic mass is 32.2. The molecule has 0 aliphatic rings. The van der Waals surface area contributed by atoms with E-state index < -0.39 is 10.1 Å². The van der Waals surface area contributed by atoms with Crippen molar-refractivity contribution in [1.82, 2.24) is 9.97 Å². The lowest BCUT2D eigenvalue weighted by molar-refractivity contribution is 0.312. The lowest BCUT2D eigenvalue weighted by Crippen LogP contribution is -2.11. The summed E-state index contributed by atoms with van der Waals surface area (Å²) in [5.74, 6) is 1.53. The molecule has 0 saturated heterocycles. The quantitative estimate of drug-likeness (QED) is 0.398. The summed E-state index contributed by atoms with van der Waals surface area (Å²) in [7, 11) is -1.01. The Hall–Kier alpha value is -3.11. The molecule has 0 spiro atoms. The number of aryl methyl sites for hydroxylation is 2. The van der Waals surface area contributed by atoms with Gasteiger partial charge in [0.15, 0.2) is 0 Å². The molecule has 31 heavy (non-hydrogen) atoms. The lowest BCUT2D eigenvalue weighted by Gasteiger charge is -2.14. The van der Waals surface area contributed by atoms with Crippen molar-refractivity contribution in [2.75, 3.05) is 26.6 Å². The number of aromatic amines is 1. The van der Waals surface area contributed by atoms with Gasteiger partial charge < -0.3 is 19.2 Å². The highest BCUT2D eigenvalue weighted by Crippen LogP contribution is 2.31. The molecule has 0 aliphatic heterocycles. The Morgan fingerprint density at radius 3 is 2.32 bits per heavy atom. The first-order valence-corrected chi connectivity index (χ1v) is 11.1. The fourth-order valence-electron chi connectivity index (χ4n) is 3.36. The van der Waals surface area contributed by atoms with E-state index in [1.807, 2.05) is 26.0 Å². The van der Waals surface area contributed by atoms with Gasteiger partial charge >= 0.3 is 0 Å². The lowest BCUT2D eigenvalue weighted by atomic mass is 10.0. The van der Waals surface area contributed by atoms with E-state index in [2.05, 4.69) is 9.97 Å². The fourth-order valence-corrected chi connectivity index (χ4v) is 3.84. The number of methoxy groups -OCH3 is 2. The van der Waals surface area contributed by atoms with Crippen LogP contribution in [0.4, 0.5) is 0 Å². The standard InChI is InChI=1S/C21H24N2O7S/c1-12-8-14(9-13(2)19(12)30-6-5-7-31(25,26)27)20-22-16-10-15(28-3)11-17(29-4)18(16)21(24)23-20/h8-11H,5-7H2,1-4H3,(H,22,23,24)(H,25,26,27). The summed E-state index contributed by atoms with van der Waals surface area (Å²) < 4.78 is 46.8. The third kappa shape index (κ3) is 5.15. The smallest absolute Gasteiger partial charge is 0.264 e. The monoisotopic (exact) mass is 448 g/mol. The largest absolute Gasteiger partial charge is 0.497 e. The van der Waals surface area contributed by atoms with E-state index in [4.69, 9.17) is 18.8 Å². The minimum Gasteiger partial charge on any atom is -0.497 e. The van der Waals surface area contributed by atoms with Crippen LogP contribution in [0.3, 0.4) is 0 Å². The summed E-state index contributed by atoms with van der Waals surface area (Å²) in [5.41, 5.74) is 2.40. The average molecular weight is 448 g/mol. The van der Waals surface area contributed by atoms with E-state index in [1.54, 1.807) is 12.1 Å². The molecule has 3 rings (SSSR count). The van der Waals surface area contributed by atoms with Crippen LogP contribution in [0.5, 0.6) is 17.2 Å². The van der Waals surface area contributed by atoms with E-state index in [9.17, 15) is 13.2 Å². The molecule has 0 unspecified atom stereocenters. The van der Waals surface area contributed by atoms with Crippen molar-refractivity contribution in [3.63, 3.8) is 0 Å². The minimum atomic E-state index is -4.01. The van der Waals surface area contributed by atoms with Gasteiger partial charge in [-0.1, -0.05) is 0 Å². The zero-order chi connectivity index (χ0) is 22.8. The highest BCUT2D eigenvalue weighted by molar-refractivity contribution is 7.85. The molecule has 0 aliphatic carbocycles. The molecule has 2 N–H and O–H groups in total. The Kier molecular flexibility index (Phi) is 6.51. The Morgan fingerprint density at radius 2 is 1.74 bits per heavy atom. The number of nitrogens with one attached hydrogen (secondary N) is 1. The molecule has 0 amide bonds. The van der Waals surface area contributed by atoms with Gasteiger partial charge in [-0.15, -0.1) is 0 Å². The molecule has 0 bridgehead atoms. The maximum atomic E-state index is 12.7. The van der Waals surface area contributed by atoms with Crippen molar-refractivity contribution < 1.29 is 27.2 Å². The number of hydrogen-bond donors (Lipinski definition) is 2. The number of hydrogen-bond acceptors (Lipinski definition) is 7. The van der Waals surface area contributed by atoms with Gasteiger partial charge in [0, 0.05) is 17.7 Å². The highest BCUT2D eigenvalue weighted by Gasteiger charge is 2.15. The summed E-state index contributed by atoms with van der Waals surface area (Å²) in [6.07, 6.45) is 0.169. The van der Waals surface area contributed by atoms with Crippen LogP contribution in [0.2, 0.25) is 0 Å². The molecule has 3 aromatic rings. The van der Waals surface area contributed by atoms with Crippen LogP contribution >= 0.6 is 0 Å². The summed E-state index contributed by atoms with van der Waals surface area (Å²) in [6, 6.07) is 6.95. The van der Waals surface area contributed by atoms with Crippen molar-refractivity contribution in [3.8, 4) is 28.6 Å². The first-order valence-electron chi connectivity index (χ1n) is 9.48. The van der Waals surface area contributed by atoms with Crippen LogP contribution in [0.1, 0.15) is 17.5 Å². The van der Waals surface area contributed by atoms with Crippen molar-refractivity contribution >= 4 is 21.0 Å². The third-order valence-corrected chi connectivity index (χ3v) is 5.53. The van der Waals surface area contributed by atoms with Crippen LogP contribution in [0.15, 0.2) is 29.1 Å². The van der Waals surface area contributed by atoms with E-state index in [0.29, 0.717) is 39.5 Å². The van der Waals surface area contributed by atoms with Gasteiger partial charge in [0.25, 0.3) is 15.7 Å². The van der Waals surface area contributed by atoms with Gasteiger partial charge in [-0.3, -0.25) is 9.35 Å². The molecule has 9 nitrogen and oxygen atoms in total. The first-order chi connectivity index (χ1) is 14.6. The molecule has 166 valence electrons. The van der Waals surface area contributed by atoms with E-state index >= 15 is 0 Å². The van der Waals surface area contributed by atoms with Crippen molar-refractivity contribution in [2.24, 2.45) is 0 Å². The normalized spacial score (nSPS) is 11.5. The minimum absolute atomic E-state index is 0.144. The summed E-state index contributed by atoms with van der Waals surface area (Å²) in [5, 5.41) is 0.333.